The molecule has 9 aromatic carbocycles. The van der Waals surface area contributed by atoms with Crippen LogP contribution < -0.4 is 9.80 Å². The van der Waals surface area contributed by atoms with Crippen molar-refractivity contribution in [1.82, 2.24) is 0 Å². The molecule has 0 aliphatic rings. The normalized spacial score (nSPS) is 11.1. The van der Waals surface area contributed by atoms with E-state index in [4.69, 9.17) is 0 Å². The Hall–Kier alpha value is -6.90. The second kappa shape index (κ2) is 13.8. The fraction of sp³-hybridized carbons (Fsp3) is 0. The molecule has 0 atom stereocenters. The number of benzene rings is 9. The van der Waals surface area contributed by atoms with E-state index in [2.05, 4.69) is 228 Å². The highest BCUT2D eigenvalue weighted by Crippen LogP contribution is 2.44. The zero-order chi connectivity index (χ0) is 34.7. The molecule has 0 saturated heterocycles. The van der Waals surface area contributed by atoms with Crippen LogP contribution in [0, 0.1) is 0 Å². The summed E-state index contributed by atoms with van der Waals surface area (Å²) in [5, 5.41) is 4.81. The van der Waals surface area contributed by atoms with Crippen molar-refractivity contribution in [1.29, 1.82) is 0 Å². The van der Waals surface area contributed by atoms with Gasteiger partial charge in [-0.05, 0) is 105 Å². The second-order valence-corrected chi connectivity index (χ2v) is 13.0. The van der Waals surface area contributed by atoms with E-state index in [1.54, 1.807) is 0 Å². The van der Waals surface area contributed by atoms with E-state index < -0.39 is 0 Å². The third-order valence-corrected chi connectivity index (χ3v) is 9.82. The van der Waals surface area contributed by atoms with Gasteiger partial charge in [0.05, 0.1) is 5.69 Å². The van der Waals surface area contributed by atoms with Gasteiger partial charge in [-0.3, -0.25) is 0 Å². The fourth-order valence-electron chi connectivity index (χ4n) is 7.29. The van der Waals surface area contributed by atoms with Crippen molar-refractivity contribution in [2.45, 2.75) is 0 Å². The lowest BCUT2D eigenvalue weighted by atomic mass is 9.97. The molecule has 246 valence electrons. The molecule has 0 aliphatic heterocycles. The summed E-state index contributed by atoms with van der Waals surface area (Å²) in [6.45, 7) is 0. The lowest BCUT2D eigenvalue weighted by molar-refractivity contribution is 1.29. The summed E-state index contributed by atoms with van der Waals surface area (Å²) in [7, 11) is 0. The number of rotatable bonds is 8. The minimum atomic E-state index is 1.11. The maximum Gasteiger partial charge on any atom is 0.0546 e. The molecule has 0 saturated carbocycles. The second-order valence-electron chi connectivity index (χ2n) is 13.0. The van der Waals surface area contributed by atoms with Crippen LogP contribution in [0.1, 0.15) is 0 Å². The smallest absolute Gasteiger partial charge is 0.0546 e. The Balaban J connectivity index is 1.18. The van der Waals surface area contributed by atoms with E-state index in [-0.39, 0.29) is 0 Å². The van der Waals surface area contributed by atoms with Gasteiger partial charge in [-0.15, -0.1) is 0 Å². The molecule has 0 fully saturated rings. The van der Waals surface area contributed by atoms with Crippen LogP contribution in [0.25, 0.3) is 43.8 Å². The first-order valence-electron chi connectivity index (χ1n) is 17.8. The summed E-state index contributed by atoms with van der Waals surface area (Å²) >= 11 is 0. The third kappa shape index (κ3) is 5.97. The topological polar surface area (TPSA) is 6.48 Å². The molecular weight excluding hydrogens is 629 g/mol. The predicted molar refractivity (Wildman–Crippen MR) is 222 cm³/mol. The SMILES string of the molecule is c1ccc(-c2ccc(N(c3ccccc3)c3ccc4cc(N(c5ccccc5)c5ccc(-c6ccccc6)cc5)c5ccccc5c4c3)cc2)cc1. The number of fused-ring (bicyclic) bond motifs is 3. The molecule has 52 heavy (non-hydrogen) atoms. The standard InChI is InChI=1S/C50H36N2/c1-5-15-37(16-6-1)39-25-30-44(31-26-39)51(42-19-9-3-10-20-42)46-34-29-41-35-50(48-24-14-13-23-47(48)49(41)36-46)52(43-21-11-4-12-22-43)45-32-27-40(28-33-45)38-17-7-2-8-18-38/h1-36H. The summed E-state index contributed by atoms with van der Waals surface area (Å²) in [6.07, 6.45) is 0. The van der Waals surface area contributed by atoms with Crippen molar-refractivity contribution in [2.75, 3.05) is 9.80 Å². The Morgan fingerprint density at radius 1 is 0.231 bits per heavy atom. The minimum Gasteiger partial charge on any atom is -0.310 e. The molecule has 0 bridgehead atoms. The first-order chi connectivity index (χ1) is 25.8. The van der Waals surface area contributed by atoms with Crippen LogP contribution in [-0.2, 0) is 0 Å². The molecule has 0 spiro atoms. The van der Waals surface area contributed by atoms with E-state index >= 15 is 0 Å². The quantitative estimate of drug-likeness (QED) is 0.149. The van der Waals surface area contributed by atoms with Gasteiger partial charge in [0.15, 0.2) is 0 Å². The van der Waals surface area contributed by atoms with Gasteiger partial charge in [-0.2, -0.15) is 0 Å². The summed E-state index contributed by atoms with van der Waals surface area (Å²) in [4.78, 5) is 4.73. The third-order valence-electron chi connectivity index (χ3n) is 9.82. The van der Waals surface area contributed by atoms with E-state index in [1.165, 1.54) is 43.8 Å². The van der Waals surface area contributed by atoms with E-state index in [0.29, 0.717) is 0 Å². The van der Waals surface area contributed by atoms with Gasteiger partial charge >= 0.3 is 0 Å². The summed E-state index contributed by atoms with van der Waals surface area (Å²) in [5.74, 6) is 0. The molecule has 0 aliphatic carbocycles. The van der Waals surface area contributed by atoms with Gasteiger partial charge in [0.2, 0.25) is 0 Å². The van der Waals surface area contributed by atoms with Crippen molar-refractivity contribution in [2.24, 2.45) is 0 Å². The van der Waals surface area contributed by atoms with Crippen LogP contribution in [0.5, 0.6) is 0 Å². The molecule has 9 rings (SSSR count). The lowest BCUT2D eigenvalue weighted by Crippen LogP contribution is -2.11. The number of hydrogen-bond acceptors (Lipinski definition) is 2. The number of anilines is 6. The van der Waals surface area contributed by atoms with Crippen LogP contribution in [0.4, 0.5) is 34.1 Å². The van der Waals surface area contributed by atoms with Crippen molar-refractivity contribution in [3.8, 4) is 22.3 Å². The van der Waals surface area contributed by atoms with Gasteiger partial charge in [0, 0.05) is 33.8 Å². The predicted octanol–water partition coefficient (Wildman–Crippen LogP) is 14.3. The molecule has 0 amide bonds. The Labute approximate surface area is 305 Å². The molecule has 0 N–H and O–H groups in total. The van der Waals surface area contributed by atoms with Crippen molar-refractivity contribution < 1.29 is 0 Å². The van der Waals surface area contributed by atoms with Crippen LogP contribution in [0.2, 0.25) is 0 Å². The van der Waals surface area contributed by atoms with Crippen molar-refractivity contribution in [3.05, 3.63) is 218 Å². The Morgan fingerprint density at radius 3 is 1.15 bits per heavy atom. The maximum atomic E-state index is 2.38. The van der Waals surface area contributed by atoms with Gasteiger partial charge in [-0.25, -0.2) is 0 Å². The highest BCUT2D eigenvalue weighted by atomic mass is 15.1. The summed E-state index contributed by atoms with van der Waals surface area (Å²) in [6, 6.07) is 78.3. The van der Waals surface area contributed by atoms with E-state index in [9.17, 15) is 0 Å². The van der Waals surface area contributed by atoms with Crippen LogP contribution in [0.3, 0.4) is 0 Å². The highest BCUT2D eigenvalue weighted by Gasteiger charge is 2.19. The van der Waals surface area contributed by atoms with Crippen LogP contribution in [0.15, 0.2) is 218 Å². The fourth-order valence-corrected chi connectivity index (χ4v) is 7.29. The van der Waals surface area contributed by atoms with Gasteiger partial charge in [0.25, 0.3) is 0 Å². The number of hydrogen-bond donors (Lipinski definition) is 0. The van der Waals surface area contributed by atoms with Crippen molar-refractivity contribution in [3.63, 3.8) is 0 Å². The van der Waals surface area contributed by atoms with E-state index in [0.717, 1.165) is 34.1 Å². The number of para-hydroxylation sites is 2. The van der Waals surface area contributed by atoms with Gasteiger partial charge in [0.1, 0.15) is 0 Å². The van der Waals surface area contributed by atoms with Gasteiger partial charge in [-0.1, -0.05) is 152 Å². The number of nitrogens with zero attached hydrogens (tertiary/aromatic N) is 2. The van der Waals surface area contributed by atoms with Crippen molar-refractivity contribution >= 4 is 55.7 Å². The maximum absolute atomic E-state index is 2.38. The van der Waals surface area contributed by atoms with E-state index in [1.807, 2.05) is 0 Å². The molecule has 0 radical (unpaired) electrons. The minimum absolute atomic E-state index is 1.11. The first kappa shape index (κ1) is 31.1. The first-order valence-corrected chi connectivity index (χ1v) is 17.8. The Bertz CT molecular complexity index is 2580. The molecule has 9 aromatic rings. The molecule has 2 nitrogen and oxygen atoms in total. The molecule has 2 heteroatoms. The average molecular weight is 665 g/mol. The average Bonchev–Trinajstić information content (AvgIpc) is 3.23. The Kier molecular flexibility index (Phi) is 8.24. The summed E-state index contributed by atoms with van der Waals surface area (Å²) in [5.41, 5.74) is 11.5. The van der Waals surface area contributed by atoms with Crippen LogP contribution in [-0.4, -0.2) is 0 Å². The highest BCUT2D eigenvalue weighted by molar-refractivity contribution is 6.15. The molecule has 0 aromatic heterocycles. The molecule has 0 unspecified atom stereocenters. The Morgan fingerprint density at radius 2 is 0.615 bits per heavy atom. The zero-order valence-corrected chi connectivity index (χ0v) is 28.7. The monoisotopic (exact) mass is 664 g/mol. The van der Waals surface area contributed by atoms with Crippen LogP contribution >= 0.6 is 0 Å². The largest absolute Gasteiger partial charge is 0.310 e. The zero-order valence-electron chi connectivity index (χ0n) is 28.7. The summed E-state index contributed by atoms with van der Waals surface area (Å²) < 4.78 is 0. The lowest BCUT2D eigenvalue weighted by Gasteiger charge is -2.28. The van der Waals surface area contributed by atoms with Gasteiger partial charge < -0.3 is 9.80 Å². The molecular formula is C50H36N2. The molecule has 0 heterocycles.